The van der Waals surface area contributed by atoms with Gasteiger partial charge >= 0.3 is 5.97 Å². The molecule has 0 N–H and O–H groups in total. The van der Waals surface area contributed by atoms with Crippen molar-refractivity contribution in [3.8, 4) is 0 Å². The van der Waals surface area contributed by atoms with Crippen LogP contribution in [0.3, 0.4) is 0 Å². The molecule has 0 aliphatic rings. The normalized spacial score (nSPS) is 10.1. The van der Waals surface area contributed by atoms with Gasteiger partial charge in [0.05, 0.1) is 12.2 Å². The van der Waals surface area contributed by atoms with Gasteiger partial charge in [0.25, 0.3) is 0 Å². The fourth-order valence-electron chi connectivity index (χ4n) is 1.04. The molecular weight excluding hydrogens is 310 g/mol. The van der Waals surface area contributed by atoms with E-state index in [2.05, 4.69) is 0 Å². The van der Waals surface area contributed by atoms with E-state index >= 15 is 0 Å². The first kappa shape index (κ1) is 12.4. The van der Waals surface area contributed by atoms with Crippen LogP contribution in [0.2, 0.25) is 0 Å². The molecule has 1 aromatic carbocycles. The van der Waals surface area contributed by atoms with E-state index < -0.39 is 11.8 Å². The molecule has 0 radical (unpaired) electrons. The highest BCUT2D eigenvalue weighted by atomic mass is 127. The maximum absolute atomic E-state index is 13.3. The largest absolute Gasteiger partial charge is 0.462 e. The zero-order valence-electron chi connectivity index (χ0n) is 8.43. The lowest BCUT2D eigenvalue weighted by Crippen LogP contribution is -2.08. The SMILES string of the molecule is CCCCOC(=O)c1ccc(I)cc1F. The minimum absolute atomic E-state index is 0.00604. The van der Waals surface area contributed by atoms with Gasteiger partial charge in [0, 0.05) is 3.57 Å². The van der Waals surface area contributed by atoms with Crippen LogP contribution in [0, 0.1) is 9.39 Å². The molecule has 0 aliphatic heterocycles. The third-order valence-corrected chi connectivity index (χ3v) is 2.55. The summed E-state index contributed by atoms with van der Waals surface area (Å²) in [5.41, 5.74) is 0.00604. The van der Waals surface area contributed by atoms with Gasteiger partial charge in [-0.15, -0.1) is 0 Å². The predicted molar refractivity (Wildman–Crippen MR) is 64.3 cm³/mol. The van der Waals surface area contributed by atoms with E-state index in [1.54, 1.807) is 6.07 Å². The van der Waals surface area contributed by atoms with E-state index in [0.29, 0.717) is 6.61 Å². The fourth-order valence-corrected chi connectivity index (χ4v) is 1.50. The lowest BCUT2D eigenvalue weighted by molar-refractivity contribution is 0.0494. The average molecular weight is 322 g/mol. The number of benzene rings is 1. The lowest BCUT2D eigenvalue weighted by Gasteiger charge is -2.04. The van der Waals surface area contributed by atoms with Gasteiger partial charge in [0.15, 0.2) is 0 Å². The number of halogens is 2. The summed E-state index contributed by atoms with van der Waals surface area (Å²) in [5.74, 6) is -1.11. The quantitative estimate of drug-likeness (QED) is 0.483. The van der Waals surface area contributed by atoms with E-state index in [-0.39, 0.29) is 5.56 Å². The molecule has 0 atom stereocenters. The van der Waals surface area contributed by atoms with Gasteiger partial charge < -0.3 is 4.74 Å². The first-order chi connectivity index (χ1) is 7.15. The summed E-state index contributed by atoms with van der Waals surface area (Å²) in [6.45, 7) is 2.35. The van der Waals surface area contributed by atoms with Gasteiger partial charge in [0.2, 0.25) is 0 Å². The standard InChI is InChI=1S/C11H12FIO2/c1-2-3-6-15-11(14)9-5-4-8(13)7-10(9)12/h4-5,7H,2-3,6H2,1H3. The molecule has 0 spiro atoms. The van der Waals surface area contributed by atoms with E-state index in [1.807, 2.05) is 29.5 Å². The van der Waals surface area contributed by atoms with Gasteiger partial charge in [0.1, 0.15) is 5.82 Å². The Hall–Kier alpha value is -0.650. The van der Waals surface area contributed by atoms with Crippen molar-refractivity contribution in [2.24, 2.45) is 0 Å². The van der Waals surface area contributed by atoms with Crippen LogP contribution in [0.1, 0.15) is 30.1 Å². The Balaban J connectivity index is 2.65. The van der Waals surface area contributed by atoms with Crippen LogP contribution in [0.4, 0.5) is 4.39 Å². The van der Waals surface area contributed by atoms with Crippen molar-refractivity contribution in [2.45, 2.75) is 19.8 Å². The van der Waals surface area contributed by atoms with Crippen LogP contribution in [0.5, 0.6) is 0 Å². The highest BCUT2D eigenvalue weighted by molar-refractivity contribution is 14.1. The summed E-state index contributed by atoms with van der Waals surface area (Å²) in [7, 11) is 0. The molecule has 0 aliphatic carbocycles. The number of carbonyl (C=O) groups excluding carboxylic acids is 1. The summed E-state index contributed by atoms with van der Waals surface area (Å²) >= 11 is 1.99. The molecule has 4 heteroatoms. The Morgan fingerprint density at radius 3 is 2.87 bits per heavy atom. The van der Waals surface area contributed by atoms with E-state index in [0.717, 1.165) is 16.4 Å². The van der Waals surface area contributed by atoms with Crippen LogP contribution >= 0.6 is 22.6 Å². The molecule has 0 unspecified atom stereocenters. The topological polar surface area (TPSA) is 26.3 Å². The fraction of sp³-hybridized carbons (Fsp3) is 0.364. The number of esters is 1. The summed E-state index contributed by atoms with van der Waals surface area (Å²) in [6.07, 6.45) is 1.75. The number of rotatable bonds is 4. The zero-order chi connectivity index (χ0) is 11.3. The van der Waals surface area contributed by atoms with Gasteiger partial charge in [-0.2, -0.15) is 0 Å². The minimum Gasteiger partial charge on any atom is -0.462 e. The molecule has 0 saturated carbocycles. The molecule has 0 bridgehead atoms. The number of hydrogen-bond acceptors (Lipinski definition) is 2. The van der Waals surface area contributed by atoms with Gasteiger partial charge in [-0.3, -0.25) is 0 Å². The number of ether oxygens (including phenoxy) is 1. The van der Waals surface area contributed by atoms with Gasteiger partial charge in [-0.05, 0) is 47.2 Å². The maximum atomic E-state index is 13.3. The average Bonchev–Trinajstić information content (AvgIpc) is 2.17. The van der Waals surface area contributed by atoms with E-state index in [4.69, 9.17) is 4.74 Å². The molecule has 0 heterocycles. The molecule has 15 heavy (non-hydrogen) atoms. The van der Waals surface area contributed by atoms with E-state index in [1.165, 1.54) is 12.1 Å². The lowest BCUT2D eigenvalue weighted by atomic mass is 10.2. The van der Waals surface area contributed by atoms with Crippen molar-refractivity contribution in [3.63, 3.8) is 0 Å². The van der Waals surface area contributed by atoms with Gasteiger partial charge in [-0.1, -0.05) is 13.3 Å². The predicted octanol–water partition coefficient (Wildman–Crippen LogP) is 3.39. The van der Waals surface area contributed by atoms with Crippen molar-refractivity contribution in [3.05, 3.63) is 33.1 Å². The third-order valence-electron chi connectivity index (χ3n) is 1.88. The molecule has 0 saturated heterocycles. The highest BCUT2D eigenvalue weighted by Gasteiger charge is 2.12. The Kier molecular flexibility index (Phi) is 5.01. The van der Waals surface area contributed by atoms with Crippen molar-refractivity contribution < 1.29 is 13.9 Å². The van der Waals surface area contributed by atoms with Crippen LogP contribution in [-0.4, -0.2) is 12.6 Å². The Bertz CT molecular complexity index is 352. The minimum atomic E-state index is -0.586. The Labute approximate surface area is 102 Å². The first-order valence-corrected chi connectivity index (χ1v) is 5.85. The monoisotopic (exact) mass is 322 g/mol. The van der Waals surface area contributed by atoms with E-state index in [9.17, 15) is 9.18 Å². The Morgan fingerprint density at radius 2 is 2.27 bits per heavy atom. The van der Waals surface area contributed by atoms with Crippen molar-refractivity contribution in [1.29, 1.82) is 0 Å². The van der Waals surface area contributed by atoms with Crippen molar-refractivity contribution in [2.75, 3.05) is 6.61 Å². The van der Waals surface area contributed by atoms with Crippen LogP contribution in [-0.2, 0) is 4.74 Å². The summed E-state index contributed by atoms with van der Waals surface area (Å²) < 4.78 is 19.0. The Morgan fingerprint density at radius 1 is 1.53 bits per heavy atom. The second-order valence-corrected chi connectivity index (χ2v) is 4.36. The molecule has 0 amide bonds. The van der Waals surface area contributed by atoms with Crippen LogP contribution in [0.15, 0.2) is 18.2 Å². The summed E-state index contributed by atoms with van der Waals surface area (Å²) in [6, 6.07) is 4.45. The molecule has 2 nitrogen and oxygen atoms in total. The first-order valence-electron chi connectivity index (χ1n) is 4.77. The molecule has 0 aromatic heterocycles. The highest BCUT2D eigenvalue weighted by Crippen LogP contribution is 2.13. The molecule has 1 aromatic rings. The summed E-state index contributed by atoms with van der Waals surface area (Å²) in [5, 5.41) is 0. The number of unbranched alkanes of at least 4 members (excludes halogenated alkanes) is 1. The van der Waals surface area contributed by atoms with Gasteiger partial charge in [-0.25, -0.2) is 9.18 Å². The molecule has 1 rings (SSSR count). The third kappa shape index (κ3) is 3.77. The molecule has 0 fully saturated rings. The number of carbonyl (C=O) groups is 1. The zero-order valence-corrected chi connectivity index (χ0v) is 10.6. The van der Waals surface area contributed by atoms with Crippen molar-refractivity contribution >= 4 is 28.6 Å². The van der Waals surface area contributed by atoms with Crippen LogP contribution in [0.25, 0.3) is 0 Å². The summed E-state index contributed by atoms with van der Waals surface area (Å²) in [4.78, 5) is 11.4. The number of hydrogen-bond donors (Lipinski definition) is 0. The smallest absolute Gasteiger partial charge is 0.341 e. The second kappa shape index (κ2) is 6.05. The molecular formula is C11H12FIO2. The molecule has 82 valence electrons. The second-order valence-electron chi connectivity index (χ2n) is 3.11. The van der Waals surface area contributed by atoms with Crippen LogP contribution < -0.4 is 0 Å². The maximum Gasteiger partial charge on any atom is 0.341 e. The van der Waals surface area contributed by atoms with Crippen molar-refractivity contribution in [1.82, 2.24) is 0 Å².